The van der Waals surface area contributed by atoms with Gasteiger partial charge in [0.1, 0.15) is 25.1 Å². The Morgan fingerprint density at radius 3 is 2.72 bits per heavy atom. The Labute approximate surface area is 146 Å². The van der Waals surface area contributed by atoms with Crippen molar-refractivity contribution in [3.63, 3.8) is 0 Å². The van der Waals surface area contributed by atoms with E-state index in [1.165, 1.54) is 0 Å². The molecule has 0 saturated heterocycles. The van der Waals surface area contributed by atoms with Gasteiger partial charge in [0.15, 0.2) is 0 Å². The van der Waals surface area contributed by atoms with Crippen LogP contribution in [0.15, 0.2) is 42.5 Å². The zero-order chi connectivity index (χ0) is 18.0. The third-order valence-electron chi connectivity index (χ3n) is 4.53. The van der Waals surface area contributed by atoms with Gasteiger partial charge in [-0.25, -0.2) is 9.18 Å². The van der Waals surface area contributed by atoms with Crippen LogP contribution in [0.3, 0.4) is 0 Å². The molecule has 3 rings (SSSR count). The van der Waals surface area contributed by atoms with Crippen LogP contribution in [0, 0.1) is 5.41 Å². The van der Waals surface area contributed by atoms with Crippen molar-refractivity contribution in [1.82, 2.24) is 0 Å². The molecule has 1 unspecified atom stereocenters. The van der Waals surface area contributed by atoms with Crippen molar-refractivity contribution in [3.8, 4) is 16.9 Å². The highest BCUT2D eigenvalue weighted by Gasteiger charge is 2.41. The fourth-order valence-electron chi connectivity index (χ4n) is 3.46. The summed E-state index contributed by atoms with van der Waals surface area (Å²) in [4.78, 5) is 11.2. The molecule has 1 aliphatic rings. The average molecular weight is 343 g/mol. The minimum absolute atomic E-state index is 0.0496. The third-order valence-corrected chi connectivity index (χ3v) is 4.53. The quantitative estimate of drug-likeness (QED) is 0.874. The van der Waals surface area contributed by atoms with Crippen LogP contribution >= 0.6 is 0 Å². The highest BCUT2D eigenvalue weighted by Crippen LogP contribution is 2.48. The van der Waals surface area contributed by atoms with Crippen LogP contribution in [-0.4, -0.2) is 19.4 Å². The molecule has 0 fully saturated rings. The summed E-state index contributed by atoms with van der Waals surface area (Å²) >= 11 is 0. The maximum atomic E-state index is 12.3. The van der Waals surface area contributed by atoms with E-state index in [4.69, 9.17) is 15.2 Å². The molecule has 0 bridgehead atoms. The van der Waals surface area contributed by atoms with Crippen molar-refractivity contribution in [3.05, 3.63) is 53.6 Å². The van der Waals surface area contributed by atoms with Crippen LogP contribution in [0.5, 0.6) is 5.75 Å². The number of hydrogen-bond donors (Lipinski definition) is 1. The van der Waals surface area contributed by atoms with Crippen LogP contribution in [0.1, 0.15) is 31.1 Å². The van der Waals surface area contributed by atoms with Crippen LogP contribution in [0.2, 0.25) is 0 Å². The minimum Gasteiger partial charge on any atom is -0.491 e. The van der Waals surface area contributed by atoms with Gasteiger partial charge >= 0.3 is 6.09 Å². The molecular formula is C20H22FNO3. The predicted molar refractivity (Wildman–Crippen MR) is 94.2 cm³/mol. The number of amides is 1. The topological polar surface area (TPSA) is 61.6 Å². The second-order valence-corrected chi connectivity index (χ2v) is 6.96. The number of carbonyl (C=O) groups is 1. The number of fused-ring (bicyclic) bond motifs is 1. The fraction of sp³-hybridized carbons (Fsp3) is 0.350. The molecule has 0 spiro atoms. The highest BCUT2D eigenvalue weighted by atomic mass is 19.1. The van der Waals surface area contributed by atoms with E-state index in [-0.39, 0.29) is 18.1 Å². The minimum atomic E-state index is -0.757. The number of halogens is 1. The number of hydrogen-bond acceptors (Lipinski definition) is 3. The predicted octanol–water partition coefficient (Wildman–Crippen LogP) is 4.42. The first kappa shape index (κ1) is 17.3. The van der Waals surface area contributed by atoms with Crippen LogP contribution < -0.4 is 10.5 Å². The summed E-state index contributed by atoms with van der Waals surface area (Å²) in [6.45, 7) is 3.66. The summed E-state index contributed by atoms with van der Waals surface area (Å²) in [5.74, 6) is 0.644. The van der Waals surface area contributed by atoms with Crippen LogP contribution in [0.4, 0.5) is 9.18 Å². The summed E-state index contributed by atoms with van der Waals surface area (Å²) in [6.07, 6.45) is -0.299. The number of ether oxygens (including phenoxy) is 2. The molecule has 0 saturated carbocycles. The number of nitrogens with two attached hydrogens (primary N) is 1. The lowest BCUT2D eigenvalue weighted by Crippen LogP contribution is -2.25. The van der Waals surface area contributed by atoms with Gasteiger partial charge in [0.05, 0.1) is 0 Å². The molecule has 2 N–H and O–H groups in total. The van der Waals surface area contributed by atoms with E-state index in [1.54, 1.807) is 0 Å². The number of primary amides is 1. The summed E-state index contributed by atoms with van der Waals surface area (Å²) in [5, 5.41) is 0. The van der Waals surface area contributed by atoms with Crippen molar-refractivity contribution in [2.45, 2.75) is 26.4 Å². The van der Waals surface area contributed by atoms with Crippen LogP contribution in [-0.2, 0) is 11.2 Å². The van der Waals surface area contributed by atoms with Crippen LogP contribution in [0.25, 0.3) is 11.1 Å². The maximum Gasteiger partial charge on any atom is 0.405 e. The highest BCUT2D eigenvalue weighted by molar-refractivity contribution is 5.68. The number of carbonyl (C=O) groups excluding carboxylic acids is 1. The first-order chi connectivity index (χ1) is 11.9. The third kappa shape index (κ3) is 3.60. The first-order valence-electron chi connectivity index (χ1n) is 8.29. The normalized spacial score (nSPS) is 17.8. The molecular weight excluding hydrogens is 321 g/mol. The lowest BCUT2D eigenvalue weighted by atomic mass is 9.87. The summed E-state index contributed by atoms with van der Waals surface area (Å²) in [5.41, 5.74) is 9.20. The van der Waals surface area contributed by atoms with Gasteiger partial charge in [-0.05, 0) is 40.8 Å². The molecule has 0 aliphatic heterocycles. The second kappa shape index (κ2) is 6.75. The van der Waals surface area contributed by atoms with Gasteiger partial charge in [0, 0.05) is 5.41 Å². The van der Waals surface area contributed by atoms with E-state index >= 15 is 0 Å². The summed E-state index contributed by atoms with van der Waals surface area (Å²) in [6, 6.07) is 13.7. The van der Waals surface area contributed by atoms with E-state index in [0.717, 1.165) is 28.7 Å². The van der Waals surface area contributed by atoms with Gasteiger partial charge in [-0.15, -0.1) is 0 Å². The second-order valence-electron chi connectivity index (χ2n) is 6.96. The Kier molecular flexibility index (Phi) is 4.66. The molecule has 4 nitrogen and oxygen atoms in total. The number of alkyl halides is 1. The molecule has 1 amide bonds. The van der Waals surface area contributed by atoms with Crippen molar-refractivity contribution >= 4 is 6.09 Å². The lowest BCUT2D eigenvalue weighted by molar-refractivity contribution is 0.0392. The SMILES string of the molecule is CC1(C)Cc2cc(-c3cccc(OCCF)c3)ccc2C1OC(N)=O. The summed E-state index contributed by atoms with van der Waals surface area (Å²) < 4.78 is 23.0. The lowest BCUT2D eigenvalue weighted by Gasteiger charge is -2.26. The number of rotatable bonds is 5. The van der Waals surface area contributed by atoms with Gasteiger partial charge in [-0.2, -0.15) is 0 Å². The standard InChI is InChI=1S/C20H22FNO3/c1-20(2)12-15-10-14(6-7-17(15)18(20)25-19(22)23)13-4-3-5-16(11-13)24-9-8-21/h3-7,10-11,18H,8-9,12H2,1-2H3,(H2,22,23). The molecule has 0 heterocycles. The van der Waals surface area contributed by atoms with Crippen molar-refractivity contribution in [2.75, 3.05) is 13.3 Å². The van der Waals surface area contributed by atoms with Gasteiger partial charge in [-0.1, -0.05) is 44.2 Å². The average Bonchev–Trinajstić information content (AvgIpc) is 2.82. The Morgan fingerprint density at radius 2 is 2.00 bits per heavy atom. The largest absolute Gasteiger partial charge is 0.491 e. The molecule has 0 radical (unpaired) electrons. The van der Waals surface area contributed by atoms with Crippen molar-refractivity contribution in [1.29, 1.82) is 0 Å². The van der Waals surface area contributed by atoms with E-state index in [1.807, 2.05) is 36.4 Å². The number of benzene rings is 2. The molecule has 2 aromatic carbocycles. The van der Waals surface area contributed by atoms with Gasteiger partial charge in [0.2, 0.25) is 0 Å². The van der Waals surface area contributed by atoms with E-state index < -0.39 is 12.8 Å². The molecule has 2 aromatic rings. The molecule has 25 heavy (non-hydrogen) atoms. The molecule has 5 heteroatoms. The smallest absolute Gasteiger partial charge is 0.405 e. The van der Waals surface area contributed by atoms with Gasteiger partial charge < -0.3 is 15.2 Å². The monoisotopic (exact) mass is 343 g/mol. The molecule has 1 aliphatic carbocycles. The Bertz CT molecular complexity index is 788. The van der Waals surface area contributed by atoms with E-state index in [2.05, 4.69) is 19.9 Å². The molecule has 132 valence electrons. The molecule has 0 aromatic heterocycles. The Balaban J connectivity index is 1.91. The van der Waals surface area contributed by atoms with Gasteiger partial charge in [-0.3, -0.25) is 0 Å². The van der Waals surface area contributed by atoms with E-state index in [9.17, 15) is 9.18 Å². The van der Waals surface area contributed by atoms with Gasteiger partial charge in [0.25, 0.3) is 0 Å². The zero-order valence-corrected chi connectivity index (χ0v) is 14.4. The Morgan fingerprint density at radius 1 is 1.24 bits per heavy atom. The maximum absolute atomic E-state index is 12.3. The molecule has 1 atom stereocenters. The van der Waals surface area contributed by atoms with Crippen molar-refractivity contribution < 1.29 is 18.7 Å². The fourth-order valence-corrected chi connectivity index (χ4v) is 3.46. The van der Waals surface area contributed by atoms with Crippen molar-refractivity contribution in [2.24, 2.45) is 11.1 Å². The first-order valence-corrected chi connectivity index (χ1v) is 8.29. The van der Waals surface area contributed by atoms with E-state index in [0.29, 0.717) is 5.75 Å². The zero-order valence-electron chi connectivity index (χ0n) is 14.4. The summed E-state index contributed by atoms with van der Waals surface area (Å²) in [7, 11) is 0. The Hall–Kier alpha value is -2.56.